The van der Waals surface area contributed by atoms with Crippen LogP contribution in [0.25, 0.3) is 0 Å². The molecular formula is C18H31F3O4. The van der Waals surface area contributed by atoms with Gasteiger partial charge >= 0.3 is 18.1 Å². The average Bonchev–Trinajstić information content (AvgIpc) is 2.49. The Labute approximate surface area is 148 Å². The zero-order valence-corrected chi connectivity index (χ0v) is 16.3. The molecule has 0 radical (unpaired) electrons. The van der Waals surface area contributed by atoms with Gasteiger partial charge in [0.2, 0.25) is 0 Å². The number of halogens is 3. The van der Waals surface area contributed by atoms with Crippen LogP contribution in [0.15, 0.2) is 0 Å². The van der Waals surface area contributed by atoms with E-state index in [0.29, 0.717) is 12.8 Å². The maximum absolute atomic E-state index is 12.7. The van der Waals surface area contributed by atoms with E-state index in [-0.39, 0.29) is 5.41 Å². The third-order valence-electron chi connectivity index (χ3n) is 5.34. The van der Waals surface area contributed by atoms with Crippen LogP contribution in [0.2, 0.25) is 0 Å². The van der Waals surface area contributed by atoms with Gasteiger partial charge in [0.1, 0.15) is 0 Å². The van der Waals surface area contributed by atoms with Gasteiger partial charge in [0, 0.05) is 0 Å². The normalized spacial score (nSPS) is 15.4. The molecule has 0 rings (SSSR count). The fourth-order valence-electron chi connectivity index (χ4n) is 2.55. The average molecular weight is 368 g/mol. The number of esters is 2. The van der Waals surface area contributed by atoms with Crippen molar-refractivity contribution in [3.8, 4) is 0 Å². The summed E-state index contributed by atoms with van der Waals surface area (Å²) in [6, 6.07) is 0. The summed E-state index contributed by atoms with van der Waals surface area (Å²) in [6.45, 7) is 11.2. The van der Waals surface area contributed by atoms with Gasteiger partial charge in [-0.15, -0.1) is 0 Å². The minimum atomic E-state index is -4.61. The van der Waals surface area contributed by atoms with E-state index in [2.05, 4.69) is 4.74 Å². The molecule has 0 spiro atoms. The number of alkyl halides is 3. The van der Waals surface area contributed by atoms with Crippen LogP contribution in [0.4, 0.5) is 13.2 Å². The SMILES string of the molecule is CCC(C)(C)CC(C)(C(=O)OCC(=O)OCC(F)(F)F)C(C)(C)CC. The largest absolute Gasteiger partial charge is 0.454 e. The molecule has 0 saturated heterocycles. The summed E-state index contributed by atoms with van der Waals surface area (Å²) in [7, 11) is 0. The van der Waals surface area contributed by atoms with Gasteiger partial charge in [0.25, 0.3) is 0 Å². The Hall–Kier alpha value is -1.27. The molecule has 0 aliphatic rings. The zero-order chi connectivity index (χ0) is 20.1. The monoisotopic (exact) mass is 368 g/mol. The molecule has 25 heavy (non-hydrogen) atoms. The molecule has 1 atom stereocenters. The van der Waals surface area contributed by atoms with Gasteiger partial charge in [-0.05, 0) is 30.6 Å². The van der Waals surface area contributed by atoms with E-state index in [1.165, 1.54) is 0 Å². The Morgan fingerprint density at radius 3 is 1.80 bits per heavy atom. The molecule has 0 N–H and O–H groups in total. The van der Waals surface area contributed by atoms with Crippen molar-refractivity contribution in [3.63, 3.8) is 0 Å². The van der Waals surface area contributed by atoms with Gasteiger partial charge < -0.3 is 9.47 Å². The second-order valence-electron chi connectivity index (χ2n) is 8.12. The van der Waals surface area contributed by atoms with Gasteiger partial charge in [-0.2, -0.15) is 13.2 Å². The highest BCUT2D eigenvalue weighted by molar-refractivity contribution is 5.81. The van der Waals surface area contributed by atoms with Gasteiger partial charge in [0.15, 0.2) is 13.2 Å². The second kappa shape index (κ2) is 8.41. The van der Waals surface area contributed by atoms with Crippen LogP contribution in [0, 0.1) is 16.2 Å². The predicted molar refractivity (Wildman–Crippen MR) is 88.8 cm³/mol. The van der Waals surface area contributed by atoms with Crippen LogP contribution >= 0.6 is 0 Å². The summed E-state index contributed by atoms with van der Waals surface area (Å²) in [5.41, 5.74) is -1.42. The van der Waals surface area contributed by atoms with Crippen molar-refractivity contribution in [3.05, 3.63) is 0 Å². The van der Waals surface area contributed by atoms with Crippen molar-refractivity contribution in [1.82, 2.24) is 0 Å². The molecule has 0 amide bonds. The molecular weight excluding hydrogens is 337 g/mol. The summed E-state index contributed by atoms with van der Waals surface area (Å²) in [4.78, 5) is 24.1. The summed E-state index contributed by atoms with van der Waals surface area (Å²) in [5, 5.41) is 0. The number of rotatable bonds is 9. The van der Waals surface area contributed by atoms with Crippen LogP contribution in [0.1, 0.15) is 67.7 Å². The molecule has 0 saturated carbocycles. The summed E-state index contributed by atoms with van der Waals surface area (Å²) in [5.74, 6) is -1.80. The quantitative estimate of drug-likeness (QED) is 0.543. The second-order valence-corrected chi connectivity index (χ2v) is 8.12. The van der Waals surface area contributed by atoms with Crippen molar-refractivity contribution < 1.29 is 32.2 Å². The Kier molecular flexibility index (Phi) is 7.98. The van der Waals surface area contributed by atoms with Gasteiger partial charge in [-0.25, -0.2) is 4.79 Å². The van der Waals surface area contributed by atoms with E-state index in [1.807, 2.05) is 41.5 Å². The minimum Gasteiger partial charge on any atom is -0.454 e. The molecule has 0 aliphatic heterocycles. The highest BCUT2D eigenvalue weighted by Gasteiger charge is 2.49. The molecule has 0 aliphatic carbocycles. The van der Waals surface area contributed by atoms with E-state index < -0.39 is 42.2 Å². The van der Waals surface area contributed by atoms with Crippen molar-refractivity contribution >= 4 is 11.9 Å². The molecule has 1 unspecified atom stereocenters. The molecule has 0 aromatic rings. The molecule has 0 fully saturated rings. The lowest BCUT2D eigenvalue weighted by molar-refractivity contribution is -0.192. The lowest BCUT2D eigenvalue weighted by atomic mass is 9.58. The zero-order valence-electron chi connectivity index (χ0n) is 16.3. The maximum Gasteiger partial charge on any atom is 0.422 e. The lowest BCUT2D eigenvalue weighted by Gasteiger charge is -2.45. The van der Waals surface area contributed by atoms with Crippen LogP contribution in [0.3, 0.4) is 0 Å². The maximum atomic E-state index is 12.7. The van der Waals surface area contributed by atoms with Crippen molar-refractivity contribution in [2.75, 3.05) is 13.2 Å². The standard InChI is InChI=1S/C18H31F3O4/c1-8-15(3,4)11-17(7,16(5,6)9-2)14(23)24-10-13(22)25-12-18(19,20)21/h8-12H2,1-7H3. The molecule has 148 valence electrons. The molecule has 0 heterocycles. The van der Waals surface area contributed by atoms with E-state index in [4.69, 9.17) is 4.74 Å². The van der Waals surface area contributed by atoms with Crippen LogP contribution < -0.4 is 0 Å². The highest BCUT2D eigenvalue weighted by Crippen LogP contribution is 2.50. The summed E-state index contributed by atoms with van der Waals surface area (Å²) >= 11 is 0. The van der Waals surface area contributed by atoms with Crippen LogP contribution in [-0.2, 0) is 19.1 Å². The Morgan fingerprint density at radius 2 is 1.40 bits per heavy atom. The number of hydrogen-bond acceptors (Lipinski definition) is 4. The van der Waals surface area contributed by atoms with Crippen LogP contribution in [0.5, 0.6) is 0 Å². The first-order chi connectivity index (χ1) is 11.1. The van der Waals surface area contributed by atoms with Crippen molar-refractivity contribution in [2.45, 2.75) is 73.9 Å². The molecule has 4 nitrogen and oxygen atoms in total. The Bertz CT molecular complexity index is 469. The number of carbonyl (C=O) groups is 2. The van der Waals surface area contributed by atoms with Crippen molar-refractivity contribution in [1.29, 1.82) is 0 Å². The summed E-state index contributed by atoms with van der Waals surface area (Å²) < 4.78 is 45.2. The Morgan fingerprint density at radius 1 is 0.880 bits per heavy atom. The van der Waals surface area contributed by atoms with Crippen LogP contribution in [-0.4, -0.2) is 31.3 Å². The molecule has 7 heteroatoms. The van der Waals surface area contributed by atoms with E-state index in [9.17, 15) is 22.8 Å². The predicted octanol–water partition coefficient (Wildman–Crippen LogP) is 4.90. The molecule has 0 aromatic heterocycles. The topological polar surface area (TPSA) is 52.6 Å². The first-order valence-corrected chi connectivity index (χ1v) is 8.50. The minimum absolute atomic E-state index is 0.128. The lowest BCUT2D eigenvalue weighted by Crippen LogP contribution is -2.46. The first kappa shape index (κ1) is 23.7. The van der Waals surface area contributed by atoms with E-state index in [1.54, 1.807) is 6.92 Å². The summed E-state index contributed by atoms with van der Waals surface area (Å²) in [6.07, 6.45) is -2.52. The fourth-order valence-corrected chi connectivity index (χ4v) is 2.55. The van der Waals surface area contributed by atoms with Gasteiger partial charge in [-0.3, -0.25) is 4.79 Å². The number of ether oxygens (including phenoxy) is 2. The van der Waals surface area contributed by atoms with Gasteiger partial charge in [0.05, 0.1) is 5.41 Å². The third kappa shape index (κ3) is 7.24. The first-order valence-electron chi connectivity index (χ1n) is 8.50. The number of hydrogen-bond donors (Lipinski definition) is 0. The van der Waals surface area contributed by atoms with E-state index in [0.717, 1.165) is 6.42 Å². The fraction of sp³-hybridized carbons (Fsp3) is 0.889. The number of carbonyl (C=O) groups excluding carboxylic acids is 2. The smallest absolute Gasteiger partial charge is 0.422 e. The van der Waals surface area contributed by atoms with Crippen molar-refractivity contribution in [2.24, 2.45) is 16.2 Å². The highest BCUT2D eigenvalue weighted by atomic mass is 19.4. The van der Waals surface area contributed by atoms with E-state index >= 15 is 0 Å². The molecule has 0 bridgehead atoms. The third-order valence-corrected chi connectivity index (χ3v) is 5.34. The Balaban J connectivity index is 5.11. The van der Waals surface area contributed by atoms with Gasteiger partial charge in [-0.1, -0.05) is 48.0 Å². The molecule has 0 aromatic carbocycles.